The molecule has 0 bridgehead atoms. The molecule has 2 aliphatic rings. The topological polar surface area (TPSA) is 209 Å². The van der Waals surface area contributed by atoms with Crippen molar-refractivity contribution >= 4 is 41.7 Å². The van der Waals surface area contributed by atoms with Crippen molar-refractivity contribution in [3.63, 3.8) is 0 Å². The number of hydrogen-bond donors (Lipinski definition) is 6. The van der Waals surface area contributed by atoms with E-state index < -0.39 is 41.5 Å². The van der Waals surface area contributed by atoms with Crippen LogP contribution in [0.5, 0.6) is 0 Å². The van der Waals surface area contributed by atoms with Crippen LogP contribution in [0.25, 0.3) is 0 Å². The lowest BCUT2D eigenvalue weighted by Gasteiger charge is -2.36. The first-order chi connectivity index (χ1) is 22.7. The molecule has 276 valence electrons. The number of thioether (sulfide) groups is 1. The first-order valence-corrected chi connectivity index (χ1v) is 18.5. The Morgan fingerprint density at radius 1 is 1.02 bits per heavy atom. The van der Waals surface area contributed by atoms with Gasteiger partial charge in [0.2, 0.25) is 23.6 Å². The Hall–Kier alpha value is -2.30. The molecular formula is C33H61N7O7S. The smallest absolute Gasteiger partial charge is 0.246 e. The summed E-state index contributed by atoms with van der Waals surface area (Å²) in [5.41, 5.74) is 10.1. The Balaban J connectivity index is 2.13. The molecule has 0 radical (unpaired) electrons. The quantitative estimate of drug-likeness (QED) is 0.0523. The van der Waals surface area contributed by atoms with Crippen molar-refractivity contribution < 1.29 is 33.8 Å². The van der Waals surface area contributed by atoms with Crippen molar-refractivity contribution in [2.75, 3.05) is 37.9 Å². The third kappa shape index (κ3) is 13.5. The summed E-state index contributed by atoms with van der Waals surface area (Å²) >= 11 is 1.50. The maximum absolute atomic E-state index is 14.0. The van der Waals surface area contributed by atoms with Crippen LogP contribution < -0.4 is 27.4 Å². The van der Waals surface area contributed by atoms with E-state index in [1.165, 1.54) is 18.7 Å². The summed E-state index contributed by atoms with van der Waals surface area (Å²) in [4.78, 5) is 67.0. The molecule has 4 amide bonds. The lowest BCUT2D eigenvalue weighted by molar-refractivity contribution is -0.147. The van der Waals surface area contributed by atoms with Crippen molar-refractivity contribution in [2.45, 2.75) is 140 Å². The van der Waals surface area contributed by atoms with Crippen LogP contribution in [-0.4, -0.2) is 124 Å². The summed E-state index contributed by atoms with van der Waals surface area (Å²) in [6.45, 7) is 10.5. The van der Waals surface area contributed by atoms with E-state index in [1.807, 2.05) is 27.7 Å². The molecule has 0 aromatic rings. The van der Waals surface area contributed by atoms with Crippen LogP contribution in [0.3, 0.4) is 0 Å². The van der Waals surface area contributed by atoms with Gasteiger partial charge in [-0.15, -0.1) is 11.8 Å². The predicted molar refractivity (Wildman–Crippen MR) is 187 cm³/mol. The number of unbranched alkanes of at least 4 members (excludes halogenated alkanes) is 2. The van der Waals surface area contributed by atoms with Crippen LogP contribution in [-0.2, 0) is 28.7 Å². The minimum atomic E-state index is -1.20. The van der Waals surface area contributed by atoms with Gasteiger partial charge in [0.1, 0.15) is 24.6 Å². The molecule has 2 saturated heterocycles. The standard InChI is InChI=1S/C33H61N7O7S/c1-23(42)36-25(13-7-9-17-35)30(45)39-18-10-14-26(39)31(46)40-22-48-20-27(40)29(44)37-24(12-6-8-16-34)28(43)38-32(2,3)21-47-33(4,5)15-11-19-41/h19,24-27,29,37,44H,6-18,20-22,34-35H2,1-5H3,(H,36,42)(H,38,43)/t24?,25-,26?,27?,29?/m0/s1. The van der Waals surface area contributed by atoms with Crippen LogP contribution in [0.4, 0.5) is 0 Å². The van der Waals surface area contributed by atoms with Gasteiger partial charge in [-0.3, -0.25) is 24.5 Å². The van der Waals surface area contributed by atoms with Crippen molar-refractivity contribution in [1.29, 1.82) is 0 Å². The summed E-state index contributed by atoms with van der Waals surface area (Å²) in [6, 6.07) is -2.80. The molecule has 14 nitrogen and oxygen atoms in total. The van der Waals surface area contributed by atoms with Crippen LogP contribution in [0.2, 0.25) is 0 Å². The van der Waals surface area contributed by atoms with Gasteiger partial charge >= 0.3 is 0 Å². The molecule has 0 aliphatic carbocycles. The molecule has 4 unspecified atom stereocenters. The van der Waals surface area contributed by atoms with E-state index in [1.54, 1.807) is 9.80 Å². The highest BCUT2D eigenvalue weighted by molar-refractivity contribution is 7.99. The summed E-state index contributed by atoms with van der Waals surface area (Å²) < 4.78 is 6.05. The van der Waals surface area contributed by atoms with Gasteiger partial charge in [-0.2, -0.15) is 0 Å². The van der Waals surface area contributed by atoms with Crippen LogP contribution >= 0.6 is 11.8 Å². The lowest BCUT2D eigenvalue weighted by Crippen LogP contribution is -2.61. The molecule has 5 atom stereocenters. The molecule has 2 aliphatic heterocycles. The third-order valence-electron chi connectivity index (χ3n) is 8.80. The second-order valence-electron chi connectivity index (χ2n) is 14.2. The summed E-state index contributed by atoms with van der Waals surface area (Å²) in [5, 5.41) is 20.3. The summed E-state index contributed by atoms with van der Waals surface area (Å²) in [7, 11) is 0. The second kappa shape index (κ2) is 20.4. The number of amides is 4. The van der Waals surface area contributed by atoms with Gasteiger partial charge in [-0.1, -0.05) is 6.42 Å². The van der Waals surface area contributed by atoms with Gasteiger partial charge in [0, 0.05) is 25.6 Å². The molecule has 2 fully saturated rings. The maximum Gasteiger partial charge on any atom is 0.246 e. The number of aliphatic hydroxyl groups is 1. The third-order valence-corrected chi connectivity index (χ3v) is 9.83. The van der Waals surface area contributed by atoms with E-state index in [-0.39, 0.29) is 30.2 Å². The zero-order valence-corrected chi connectivity index (χ0v) is 30.4. The molecular weight excluding hydrogens is 638 g/mol. The zero-order valence-electron chi connectivity index (χ0n) is 29.6. The van der Waals surface area contributed by atoms with Crippen molar-refractivity contribution in [1.82, 2.24) is 25.8 Å². The molecule has 8 N–H and O–H groups in total. The maximum atomic E-state index is 14.0. The average Bonchev–Trinajstić information content (AvgIpc) is 3.72. The Morgan fingerprint density at radius 3 is 2.27 bits per heavy atom. The first-order valence-electron chi connectivity index (χ1n) is 17.4. The van der Waals surface area contributed by atoms with Crippen molar-refractivity contribution in [2.24, 2.45) is 11.5 Å². The largest absolute Gasteiger partial charge is 0.376 e. The number of rotatable bonds is 22. The average molecular weight is 700 g/mol. The highest BCUT2D eigenvalue weighted by atomic mass is 32.2. The normalized spacial score (nSPS) is 20.3. The first kappa shape index (κ1) is 41.9. The molecule has 2 heterocycles. The number of aldehydes is 1. The highest BCUT2D eigenvalue weighted by Crippen LogP contribution is 2.29. The molecule has 15 heteroatoms. The minimum Gasteiger partial charge on any atom is -0.376 e. The Morgan fingerprint density at radius 2 is 1.67 bits per heavy atom. The monoisotopic (exact) mass is 699 g/mol. The molecule has 0 aromatic heterocycles. The number of nitrogens with two attached hydrogens (primary N) is 2. The zero-order chi connectivity index (χ0) is 35.9. The summed E-state index contributed by atoms with van der Waals surface area (Å²) in [5.74, 6) is -0.343. The highest BCUT2D eigenvalue weighted by Gasteiger charge is 2.44. The van der Waals surface area contributed by atoms with E-state index in [0.29, 0.717) is 89.1 Å². The van der Waals surface area contributed by atoms with E-state index in [0.717, 1.165) is 12.7 Å². The Bertz CT molecular complexity index is 1060. The molecule has 0 spiro atoms. The van der Waals surface area contributed by atoms with E-state index in [4.69, 9.17) is 16.2 Å². The minimum absolute atomic E-state index is 0.219. The molecule has 2 rings (SSSR count). The van der Waals surface area contributed by atoms with Gasteiger partial charge in [0.05, 0.1) is 35.7 Å². The van der Waals surface area contributed by atoms with Crippen LogP contribution in [0.15, 0.2) is 0 Å². The van der Waals surface area contributed by atoms with E-state index in [2.05, 4.69) is 16.0 Å². The van der Waals surface area contributed by atoms with Gasteiger partial charge < -0.3 is 46.5 Å². The number of carbonyl (C=O) groups is 5. The fraction of sp³-hybridized carbons (Fsp3) is 0.848. The van der Waals surface area contributed by atoms with Gasteiger partial charge in [0.15, 0.2) is 0 Å². The molecule has 0 aromatic carbocycles. The lowest BCUT2D eigenvalue weighted by atomic mass is 10.0. The van der Waals surface area contributed by atoms with Crippen LogP contribution in [0, 0.1) is 0 Å². The van der Waals surface area contributed by atoms with E-state index in [9.17, 15) is 29.1 Å². The van der Waals surface area contributed by atoms with Crippen LogP contribution in [0.1, 0.15) is 98.8 Å². The molecule has 0 saturated carbocycles. The number of nitrogens with zero attached hydrogens (tertiary/aromatic N) is 2. The number of nitrogens with one attached hydrogen (secondary N) is 3. The number of carbonyl (C=O) groups excluding carboxylic acids is 5. The predicted octanol–water partition coefficient (Wildman–Crippen LogP) is 0.587. The fourth-order valence-corrected chi connectivity index (χ4v) is 7.26. The summed E-state index contributed by atoms with van der Waals surface area (Å²) in [6.07, 6.45) is 5.37. The van der Waals surface area contributed by atoms with Crippen molar-refractivity contribution in [3.05, 3.63) is 0 Å². The molecule has 48 heavy (non-hydrogen) atoms. The number of hydrogen-bond acceptors (Lipinski definition) is 11. The fourth-order valence-electron chi connectivity index (χ4n) is 6.03. The number of ether oxygens (including phenoxy) is 1. The van der Waals surface area contributed by atoms with Crippen molar-refractivity contribution in [3.8, 4) is 0 Å². The number of likely N-dealkylation sites (tertiary alicyclic amines) is 1. The van der Waals surface area contributed by atoms with Gasteiger partial charge in [-0.05, 0) is 92.2 Å². The number of aliphatic hydroxyl groups excluding tert-OH is 1. The van der Waals surface area contributed by atoms with Gasteiger partial charge in [0.25, 0.3) is 0 Å². The second-order valence-corrected chi connectivity index (χ2v) is 15.2. The Kier molecular flexibility index (Phi) is 17.8. The SMILES string of the molecule is CC(=O)N[C@@H](CCCCN)C(=O)N1CCCC1C(=O)N1CSCC1C(O)NC(CCCCN)C(=O)NC(C)(C)COC(C)(C)CCC=O. The van der Waals surface area contributed by atoms with Gasteiger partial charge in [-0.25, -0.2) is 0 Å². The van der Waals surface area contributed by atoms with E-state index >= 15 is 0 Å². The Labute approximate surface area is 290 Å².